The van der Waals surface area contributed by atoms with Crippen molar-refractivity contribution < 1.29 is 23.2 Å². The highest BCUT2D eigenvalue weighted by Gasteiger charge is 2.51. The van der Waals surface area contributed by atoms with Gasteiger partial charge < -0.3 is 19.1 Å². The highest BCUT2D eigenvalue weighted by Crippen LogP contribution is 2.49. The van der Waals surface area contributed by atoms with Crippen LogP contribution in [0.15, 0.2) is 48.6 Å². The zero-order valence-electron chi connectivity index (χ0n) is 34.0. The third kappa shape index (κ3) is 8.04. The van der Waals surface area contributed by atoms with Crippen molar-refractivity contribution in [1.82, 2.24) is 14.5 Å². The molecule has 1 saturated carbocycles. The van der Waals surface area contributed by atoms with Crippen molar-refractivity contribution in [2.24, 2.45) is 23.7 Å². The van der Waals surface area contributed by atoms with Crippen LogP contribution in [0.25, 0.3) is 0 Å². The van der Waals surface area contributed by atoms with Gasteiger partial charge in [-0.3, -0.25) is 19.3 Å². The Bertz CT molecular complexity index is 1910. The average molecular weight is 808 g/mol. The SMILES string of the molecule is C=S1(=O)NC(=O)c2ccc3c(c2)N(C[C@@H]2CC[C@H]2[C@](CN2CCN4CCOC[C@@H]4C2)(OCC(C)C)/C=C/C[C@H](C)[C@H]1C)C[C@@]1(CCCc2cc(Cl)ccc21)CO3. The van der Waals surface area contributed by atoms with E-state index in [1.54, 1.807) is 0 Å². The fourth-order valence-corrected chi connectivity index (χ4v) is 12.1. The quantitative estimate of drug-likeness (QED) is 0.267. The van der Waals surface area contributed by atoms with Gasteiger partial charge in [-0.15, -0.1) is 0 Å². The van der Waals surface area contributed by atoms with E-state index in [-0.39, 0.29) is 22.5 Å². The molecule has 1 amide bonds. The lowest BCUT2D eigenvalue weighted by molar-refractivity contribution is -0.130. The highest BCUT2D eigenvalue weighted by atomic mass is 35.5. The standard InChI is InChI=1S/C45H63ClN4O5S/c1-31(2)26-55-45(29-48-18-19-49-20-21-53-27-38(49)25-48)17-6-8-32(3)33(4)56(5,52)47-43(51)35-11-15-42-41(23-35)50(24-36-10-13-40(36)45)28-44(30-54-42)16-7-9-34-22-37(46)12-14-39(34)44/h6,11-12,14-15,17,22-23,31-33,36,38,40H,5,7-10,13,16,18-21,24-30H2,1-4H3,(H,47,51,52)/b17-6+/t32-,33+,36-,38-,40+,44-,45-,56?/m0/s1. The smallest absolute Gasteiger partial charge is 0.262 e. The number of nitrogens with zero attached hydrogens (tertiary/aromatic N) is 3. The van der Waals surface area contributed by atoms with Gasteiger partial charge in [0.2, 0.25) is 0 Å². The van der Waals surface area contributed by atoms with Gasteiger partial charge in [-0.2, -0.15) is 0 Å². The first-order chi connectivity index (χ1) is 26.8. The van der Waals surface area contributed by atoms with Crippen LogP contribution in [0.1, 0.15) is 81.3 Å². The number of morpholine rings is 1. The van der Waals surface area contributed by atoms with Crippen LogP contribution in [0.4, 0.5) is 5.69 Å². The first kappa shape index (κ1) is 40.2. The van der Waals surface area contributed by atoms with E-state index in [1.165, 1.54) is 11.1 Å². The van der Waals surface area contributed by atoms with Gasteiger partial charge in [0.15, 0.2) is 0 Å². The molecular formula is C45H63ClN4O5S. The monoisotopic (exact) mass is 806 g/mol. The van der Waals surface area contributed by atoms with Crippen LogP contribution in [0, 0.1) is 23.7 Å². The molecular weight excluding hydrogens is 744 g/mol. The summed E-state index contributed by atoms with van der Waals surface area (Å²) < 4.78 is 37.1. The minimum Gasteiger partial charge on any atom is -0.490 e. The maximum absolute atomic E-state index is 14.2. The molecule has 2 aromatic rings. The lowest BCUT2D eigenvalue weighted by atomic mass is 9.63. The molecule has 56 heavy (non-hydrogen) atoms. The van der Waals surface area contributed by atoms with Crippen LogP contribution in [0.3, 0.4) is 0 Å². The minimum atomic E-state index is -2.97. The molecule has 2 bridgehead atoms. The Morgan fingerprint density at radius 2 is 1.96 bits per heavy atom. The fraction of sp³-hybridized carbons (Fsp3) is 0.644. The largest absolute Gasteiger partial charge is 0.490 e. The van der Waals surface area contributed by atoms with Gasteiger partial charge in [0, 0.05) is 73.1 Å². The average Bonchev–Trinajstić information content (AvgIpc) is 3.31. The number of ether oxygens (including phenoxy) is 3. The Labute approximate surface area is 340 Å². The van der Waals surface area contributed by atoms with Crippen molar-refractivity contribution in [3.8, 4) is 5.75 Å². The van der Waals surface area contributed by atoms with E-state index in [4.69, 9.17) is 25.8 Å². The van der Waals surface area contributed by atoms with Crippen molar-refractivity contribution >= 4 is 38.8 Å². The molecule has 1 N–H and O–H groups in total. The van der Waals surface area contributed by atoms with Gasteiger partial charge in [-0.1, -0.05) is 50.6 Å². The number of benzene rings is 2. The van der Waals surface area contributed by atoms with Gasteiger partial charge in [-0.05, 0) is 116 Å². The second-order valence-corrected chi connectivity index (χ2v) is 21.2. The van der Waals surface area contributed by atoms with Crippen LogP contribution in [0.5, 0.6) is 5.75 Å². The second kappa shape index (κ2) is 16.2. The molecule has 9 nitrogen and oxygen atoms in total. The third-order valence-electron chi connectivity index (χ3n) is 14.1. The molecule has 306 valence electrons. The van der Waals surface area contributed by atoms with Gasteiger partial charge in [0.05, 0.1) is 41.8 Å². The van der Waals surface area contributed by atoms with E-state index in [2.05, 4.69) is 70.3 Å². The lowest BCUT2D eigenvalue weighted by Gasteiger charge is -2.53. The summed E-state index contributed by atoms with van der Waals surface area (Å²) in [4.78, 5) is 21.7. The van der Waals surface area contributed by atoms with Crippen LogP contribution >= 0.6 is 11.6 Å². The van der Waals surface area contributed by atoms with Crippen LogP contribution in [0.2, 0.25) is 5.02 Å². The summed E-state index contributed by atoms with van der Waals surface area (Å²) in [5.74, 6) is 5.59. The molecule has 11 heteroatoms. The topological polar surface area (TPSA) is 83.6 Å². The summed E-state index contributed by atoms with van der Waals surface area (Å²) in [5.41, 5.74) is 3.28. The summed E-state index contributed by atoms with van der Waals surface area (Å²) in [7, 11) is -2.97. The molecule has 8 rings (SSSR count). The number of hydrogen-bond acceptors (Lipinski definition) is 8. The molecule has 8 atom stereocenters. The van der Waals surface area contributed by atoms with E-state index < -0.39 is 15.3 Å². The highest BCUT2D eigenvalue weighted by molar-refractivity contribution is 7.99. The first-order valence-electron chi connectivity index (χ1n) is 21.2. The Balaban J connectivity index is 1.21. The molecule has 0 radical (unpaired) electrons. The molecule has 2 aliphatic carbocycles. The van der Waals surface area contributed by atoms with Crippen LogP contribution < -0.4 is 14.4 Å². The summed E-state index contributed by atoms with van der Waals surface area (Å²) in [5, 5.41) is 0.428. The number of amides is 1. The summed E-state index contributed by atoms with van der Waals surface area (Å²) in [6, 6.07) is 12.5. The predicted octanol–water partition coefficient (Wildman–Crippen LogP) is 6.61. The number of anilines is 1. The number of fused-ring (bicyclic) bond motifs is 5. The summed E-state index contributed by atoms with van der Waals surface area (Å²) in [6.07, 6.45) is 10.7. The molecule has 2 saturated heterocycles. The van der Waals surface area contributed by atoms with E-state index in [0.717, 1.165) is 108 Å². The van der Waals surface area contributed by atoms with Crippen LogP contribution in [-0.4, -0.2) is 115 Å². The third-order valence-corrected chi connectivity index (χ3v) is 16.5. The van der Waals surface area contributed by atoms with E-state index in [1.807, 2.05) is 31.2 Å². The minimum absolute atomic E-state index is 0.0211. The second-order valence-electron chi connectivity index (χ2n) is 18.4. The van der Waals surface area contributed by atoms with Gasteiger partial charge in [0.1, 0.15) is 11.4 Å². The van der Waals surface area contributed by atoms with Gasteiger partial charge in [-0.25, -0.2) is 4.21 Å². The fourth-order valence-electron chi connectivity index (χ4n) is 10.4. The number of rotatable bonds is 5. The maximum Gasteiger partial charge on any atom is 0.262 e. The van der Waals surface area contributed by atoms with E-state index in [0.29, 0.717) is 49.0 Å². The van der Waals surface area contributed by atoms with Crippen molar-refractivity contribution in [3.05, 3.63) is 70.3 Å². The number of carbonyl (C=O) groups is 1. The number of hydrogen-bond donors (Lipinski definition) is 1. The van der Waals surface area contributed by atoms with Crippen molar-refractivity contribution in [2.45, 2.75) is 88.5 Å². The van der Waals surface area contributed by atoms with Gasteiger partial charge in [0.25, 0.3) is 5.91 Å². The summed E-state index contributed by atoms with van der Waals surface area (Å²) >= 11 is 6.56. The first-order valence-corrected chi connectivity index (χ1v) is 23.4. The summed E-state index contributed by atoms with van der Waals surface area (Å²) in [6.45, 7) is 17.8. The lowest BCUT2D eigenvalue weighted by Crippen LogP contribution is -2.63. The Morgan fingerprint density at radius 1 is 1.11 bits per heavy atom. The van der Waals surface area contributed by atoms with Crippen LogP contribution in [-0.2, 0) is 31.0 Å². The van der Waals surface area contributed by atoms with E-state index in [9.17, 15) is 9.00 Å². The number of aryl methyl sites for hydroxylation is 1. The molecule has 2 aromatic carbocycles. The van der Waals surface area contributed by atoms with Crippen molar-refractivity contribution in [3.63, 3.8) is 0 Å². The maximum atomic E-state index is 14.2. The zero-order chi connectivity index (χ0) is 39.2. The number of halogens is 1. The molecule has 3 fully saturated rings. The Morgan fingerprint density at radius 3 is 2.77 bits per heavy atom. The molecule has 1 spiro atoms. The Hall–Kier alpha value is -2.60. The molecule has 4 aliphatic heterocycles. The Kier molecular flexibility index (Phi) is 11.6. The zero-order valence-corrected chi connectivity index (χ0v) is 35.6. The number of allylic oxidation sites excluding steroid dienone is 1. The molecule has 0 aromatic heterocycles. The number of piperazine rings is 1. The normalized spacial score (nSPS) is 36.0. The molecule has 4 heterocycles. The van der Waals surface area contributed by atoms with E-state index >= 15 is 0 Å². The van der Waals surface area contributed by atoms with Gasteiger partial charge >= 0.3 is 0 Å². The predicted molar refractivity (Wildman–Crippen MR) is 228 cm³/mol. The number of carbonyl (C=O) groups excluding carboxylic acids is 1. The van der Waals surface area contributed by atoms with Crippen molar-refractivity contribution in [1.29, 1.82) is 0 Å². The molecule has 6 aliphatic rings. The molecule has 1 unspecified atom stereocenters. The van der Waals surface area contributed by atoms with Crippen molar-refractivity contribution in [2.75, 3.05) is 77.1 Å². The number of nitrogens with one attached hydrogen (secondary N) is 1.